The number of aryl methyl sites for hydroxylation is 1. The molecule has 1 rings (SSSR count). The molecule has 0 radical (unpaired) electrons. The minimum absolute atomic E-state index is 0.191. The maximum absolute atomic E-state index is 13.6. The minimum atomic E-state index is -4.08. The normalized spacial score (nSPS) is 13.8. The Balaban J connectivity index is 3.01. The van der Waals surface area contributed by atoms with Crippen LogP contribution in [0.1, 0.15) is 37.4 Å². The molecule has 0 saturated carbocycles. The zero-order valence-corrected chi connectivity index (χ0v) is 11.1. The van der Waals surface area contributed by atoms with Gasteiger partial charge in [-0.05, 0) is 30.5 Å². The number of halogens is 4. The molecule has 0 spiro atoms. The van der Waals surface area contributed by atoms with Crippen LogP contribution in [0.5, 0.6) is 0 Å². The van der Waals surface area contributed by atoms with E-state index in [1.807, 2.05) is 6.92 Å². The summed E-state index contributed by atoms with van der Waals surface area (Å²) in [5, 5.41) is 2.51. The van der Waals surface area contributed by atoms with Crippen LogP contribution in [-0.2, 0) is 6.42 Å². The lowest BCUT2D eigenvalue weighted by molar-refractivity contribution is -0.151. The average Bonchev–Trinajstić information content (AvgIpc) is 2.39. The third kappa shape index (κ3) is 3.93. The molecule has 0 aliphatic rings. The average molecular weight is 277 g/mol. The molecule has 0 bridgehead atoms. The summed E-state index contributed by atoms with van der Waals surface area (Å²) in [6.45, 7) is 4.00. The lowest BCUT2D eigenvalue weighted by Crippen LogP contribution is -2.42. The van der Waals surface area contributed by atoms with Crippen LogP contribution >= 0.6 is 0 Å². The van der Waals surface area contributed by atoms with E-state index in [0.717, 1.165) is 12.0 Å². The second kappa shape index (κ2) is 6.89. The molecule has 0 aromatic heterocycles. The van der Waals surface area contributed by atoms with Gasteiger partial charge in [0.1, 0.15) is 6.04 Å². The van der Waals surface area contributed by atoms with Crippen molar-refractivity contribution in [3.05, 3.63) is 35.4 Å². The molecule has 1 aromatic carbocycles. The van der Waals surface area contributed by atoms with Gasteiger partial charge in [0, 0.05) is 0 Å². The van der Waals surface area contributed by atoms with Gasteiger partial charge in [0.25, 0.3) is 0 Å². The first-order chi connectivity index (χ1) is 8.93. The predicted octanol–water partition coefficient (Wildman–Crippen LogP) is 4.19. The highest BCUT2D eigenvalue weighted by molar-refractivity contribution is 5.26. The molecular formula is C14H19F4N. The van der Waals surface area contributed by atoms with Gasteiger partial charge in [-0.2, -0.15) is 8.78 Å². The SMILES string of the molecule is CCCNC(c1ccc(CC)cc1)C(F)(F)C(F)F. The number of alkyl halides is 4. The van der Waals surface area contributed by atoms with Crippen LogP contribution in [0.2, 0.25) is 0 Å². The second-order valence-electron chi connectivity index (χ2n) is 4.46. The van der Waals surface area contributed by atoms with Crippen molar-refractivity contribution in [2.24, 2.45) is 0 Å². The van der Waals surface area contributed by atoms with Crippen molar-refractivity contribution in [1.82, 2.24) is 5.32 Å². The van der Waals surface area contributed by atoms with Gasteiger partial charge in [0.15, 0.2) is 0 Å². The summed E-state index contributed by atoms with van der Waals surface area (Å²) in [7, 11) is 0. The van der Waals surface area contributed by atoms with Crippen LogP contribution in [0.3, 0.4) is 0 Å². The van der Waals surface area contributed by atoms with E-state index in [1.54, 1.807) is 19.1 Å². The molecule has 0 heterocycles. The molecule has 0 aliphatic heterocycles. The molecule has 1 unspecified atom stereocenters. The lowest BCUT2D eigenvalue weighted by Gasteiger charge is -2.27. The topological polar surface area (TPSA) is 12.0 Å². The summed E-state index contributed by atoms with van der Waals surface area (Å²) >= 11 is 0. The molecule has 0 fully saturated rings. The maximum atomic E-state index is 13.6. The molecule has 19 heavy (non-hydrogen) atoms. The van der Waals surface area contributed by atoms with Crippen molar-refractivity contribution in [1.29, 1.82) is 0 Å². The molecule has 108 valence electrons. The Morgan fingerprint density at radius 2 is 1.68 bits per heavy atom. The van der Waals surface area contributed by atoms with Crippen molar-refractivity contribution < 1.29 is 17.6 Å². The van der Waals surface area contributed by atoms with Crippen LogP contribution in [-0.4, -0.2) is 18.9 Å². The lowest BCUT2D eigenvalue weighted by atomic mass is 9.98. The first kappa shape index (κ1) is 16.0. The maximum Gasteiger partial charge on any atom is 0.326 e. The predicted molar refractivity (Wildman–Crippen MR) is 67.8 cm³/mol. The number of hydrogen-bond donors (Lipinski definition) is 1. The van der Waals surface area contributed by atoms with Crippen molar-refractivity contribution in [3.63, 3.8) is 0 Å². The molecule has 0 saturated heterocycles. The Hall–Kier alpha value is -1.10. The number of nitrogens with one attached hydrogen (secondary N) is 1. The molecule has 1 aromatic rings. The van der Waals surface area contributed by atoms with Crippen LogP contribution < -0.4 is 5.32 Å². The van der Waals surface area contributed by atoms with E-state index < -0.39 is 18.4 Å². The standard InChI is InChI=1S/C14H19F4N/c1-3-9-19-12(14(17,18)13(15)16)11-7-5-10(4-2)6-8-11/h5-8,12-13,19H,3-4,9H2,1-2H3. The minimum Gasteiger partial charge on any atom is -0.305 e. The molecule has 1 nitrogen and oxygen atoms in total. The van der Waals surface area contributed by atoms with E-state index in [1.165, 1.54) is 12.1 Å². The molecular weight excluding hydrogens is 258 g/mol. The van der Waals surface area contributed by atoms with Gasteiger partial charge in [-0.25, -0.2) is 8.78 Å². The van der Waals surface area contributed by atoms with Gasteiger partial charge < -0.3 is 5.32 Å². The number of hydrogen-bond acceptors (Lipinski definition) is 1. The van der Waals surface area contributed by atoms with Crippen LogP contribution in [0, 0.1) is 0 Å². The highest BCUT2D eigenvalue weighted by Gasteiger charge is 2.49. The Bertz CT molecular complexity index is 376. The first-order valence-corrected chi connectivity index (χ1v) is 6.41. The van der Waals surface area contributed by atoms with Crippen molar-refractivity contribution in [2.75, 3.05) is 6.54 Å². The first-order valence-electron chi connectivity index (χ1n) is 6.41. The summed E-state index contributed by atoms with van der Waals surface area (Å²) < 4.78 is 52.2. The van der Waals surface area contributed by atoms with Crippen molar-refractivity contribution >= 4 is 0 Å². The largest absolute Gasteiger partial charge is 0.326 e. The third-order valence-corrected chi connectivity index (χ3v) is 3.00. The zero-order chi connectivity index (χ0) is 14.5. The van der Waals surface area contributed by atoms with E-state index >= 15 is 0 Å². The Labute approximate surface area is 111 Å². The second-order valence-corrected chi connectivity index (χ2v) is 4.46. The fourth-order valence-electron chi connectivity index (χ4n) is 1.84. The van der Waals surface area contributed by atoms with Crippen molar-refractivity contribution in [2.45, 2.75) is 45.1 Å². The Kier molecular flexibility index (Phi) is 5.79. The van der Waals surface area contributed by atoms with Gasteiger partial charge in [-0.3, -0.25) is 0 Å². The monoisotopic (exact) mass is 277 g/mol. The zero-order valence-electron chi connectivity index (χ0n) is 11.1. The molecule has 0 amide bonds. The van der Waals surface area contributed by atoms with Crippen LogP contribution in [0.15, 0.2) is 24.3 Å². The van der Waals surface area contributed by atoms with E-state index in [-0.39, 0.29) is 12.1 Å². The van der Waals surface area contributed by atoms with Crippen LogP contribution in [0.4, 0.5) is 17.6 Å². The van der Waals surface area contributed by atoms with E-state index in [4.69, 9.17) is 0 Å². The number of benzene rings is 1. The highest BCUT2D eigenvalue weighted by Crippen LogP contribution is 2.36. The number of rotatable bonds is 7. The summed E-state index contributed by atoms with van der Waals surface area (Å²) in [6.07, 6.45) is -2.31. The van der Waals surface area contributed by atoms with Crippen LogP contribution in [0.25, 0.3) is 0 Å². The highest BCUT2D eigenvalue weighted by atomic mass is 19.3. The molecule has 5 heteroatoms. The Morgan fingerprint density at radius 1 is 1.11 bits per heavy atom. The summed E-state index contributed by atoms with van der Waals surface area (Å²) in [5.74, 6) is -4.08. The molecule has 1 atom stereocenters. The molecule has 0 aliphatic carbocycles. The van der Waals surface area contributed by atoms with Gasteiger partial charge in [0.2, 0.25) is 0 Å². The quantitative estimate of drug-likeness (QED) is 0.737. The van der Waals surface area contributed by atoms with E-state index in [9.17, 15) is 17.6 Å². The van der Waals surface area contributed by atoms with Gasteiger partial charge in [-0.1, -0.05) is 38.1 Å². The van der Waals surface area contributed by atoms with E-state index in [0.29, 0.717) is 6.42 Å². The summed E-state index contributed by atoms with van der Waals surface area (Å²) in [4.78, 5) is 0. The Morgan fingerprint density at radius 3 is 2.11 bits per heavy atom. The van der Waals surface area contributed by atoms with Gasteiger partial charge >= 0.3 is 12.3 Å². The smallest absolute Gasteiger partial charge is 0.305 e. The van der Waals surface area contributed by atoms with Gasteiger partial charge in [-0.15, -0.1) is 0 Å². The van der Waals surface area contributed by atoms with Crippen molar-refractivity contribution in [3.8, 4) is 0 Å². The van der Waals surface area contributed by atoms with E-state index in [2.05, 4.69) is 5.32 Å². The summed E-state index contributed by atoms with van der Waals surface area (Å²) in [6, 6.07) is 4.71. The third-order valence-electron chi connectivity index (χ3n) is 3.00. The molecule has 1 N–H and O–H groups in total. The fourth-order valence-corrected chi connectivity index (χ4v) is 1.84. The summed E-state index contributed by atoms with van der Waals surface area (Å²) in [5.41, 5.74) is 1.18. The fraction of sp³-hybridized carbons (Fsp3) is 0.571. The van der Waals surface area contributed by atoms with Gasteiger partial charge in [0.05, 0.1) is 0 Å².